The maximum atomic E-state index is 12.9. The van der Waals surface area contributed by atoms with Crippen molar-refractivity contribution in [2.24, 2.45) is 10.2 Å². The van der Waals surface area contributed by atoms with E-state index in [-0.39, 0.29) is 22.6 Å². The second-order valence-corrected chi connectivity index (χ2v) is 6.97. The van der Waals surface area contributed by atoms with Gasteiger partial charge in [-0.15, -0.1) is 5.11 Å². The van der Waals surface area contributed by atoms with Crippen molar-refractivity contribution in [3.63, 3.8) is 0 Å². The highest BCUT2D eigenvalue weighted by atomic mass is 16.4. The number of hydrogen-bond donors (Lipinski definition) is 4. The molecule has 0 unspecified atom stereocenters. The van der Waals surface area contributed by atoms with Gasteiger partial charge in [0.05, 0.1) is 16.8 Å². The Morgan fingerprint density at radius 1 is 0.875 bits per heavy atom. The molecule has 0 heterocycles. The van der Waals surface area contributed by atoms with Gasteiger partial charge in [0.15, 0.2) is 5.75 Å². The normalized spacial score (nSPS) is 11.0. The molecular formula is C24H18N4O4. The van der Waals surface area contributed by atoms with Crippen molar-refractivity contribution in [2.45, 2.75) is 0 Å². The molecule has 4 aromatic carbocycles. The summed E-state index contributed by atoms with van der Waals surface area (Å²) in [5.74, 6) is -1.95. The molecule has 158 valence electrons. The minimum atomic E-state index is -1.06. The summed E-state index contributed by atoms with van der Waals surface area (Å²) in [4.78, 5) is 23.9. The third-order valence-electron chi connectivity index (χ3n) is 4.79. The largest absolute Gasteiger partial charge is 0.505 e. The Kier molecular flexibility index (Phi) is 5.50. The van der Waals surface area contributed by atoms with Crippen molar-refractivity contribution in [2.75, 3.05) is 11.1 Å². The molecule has 0 spiro atoms. The second kappa shape index (κ2) is 8.57. The minimum Gasteiger partial charge on any atom is -0.505 e. The standard InChI is InChI=1S/C24H18N4O4/c25-16-7-11-18(12-8-16)27-28-21-19-4-2-1-3-15(19)13-20(22(21)29)23(30)26-17-9-5-14(6-10-17)24(31)32/h1-13,29H,25H2,(H,26,30)(H,31,32). The lowest BCUT2D eigenvalue weighted by Gasteiger charge is -2.11. The number of carbonyl (C=O) groups excluding carboxylic acids is 1. The average Bonchev–Trinajstić information content (AvgIpc) is 2.79. The molecule has 1 amide bonds. The number of nitrogens with two attached hydrogens (primary N) is 1. The predicted molar refractivity (Wildman–Crippen MR) is 122 cm³/mol. The topological polar surface area (TPSA) is 137 Å². The van der Waals surface area contributed by atoms with E-state index in [9.17, 15) is 14.7 Å². The van der Waals surface area contributed by atoms with Crippen LogP contribution in [0.15, 0.2) is 89.1 Å². The van der Waals surface area contributed by atoms with E-state index in [0.717, 1.165) is 0 Å². The predicted octanol–water partition coefficient (Wildman–Crippen LogP) is 5.49. The molecule has 4 rings (SSSR count). The molecule has 0 atom stereocenters. The number of anilines is 2. The van der Waals surface area contributed by atoms with Crippen LogP contribution in [0.4, 0.5) is 22.7 Å². The van der Waals surface area contributed by atoms with Crippen molar-refractivity contribution >= 4 is 45.4 Å². The fraction of sp³-hybridized carbons (Fsp3) is 0. The number of azo groups is 1. The summed E-state index contributed by atoms with van der Waals surface area (Å²) >= 11 is 0. The lowest BCUT2D eigenvalue weighted by molar-refractivity contribution is 0.0696. The van der Waals surface area contributed by atoms with Crippen LogP contribution in [0.1, 0.15) is 20.7 Å². The smallest absolute Gasteiger partial charge is 0.335 e. The van der Waals surface area contributed by atoms with E-state index in [2.05, 4.69) is 15.5 Å². The first-order valence-corrected chi connectivity index (χ1v) is 9.59. The Labute approximate surface area is 182 Å². The van der Waals surface area contributed by atoms with Gasteiger partial charge in [0.1, 0.15) is 5.69 Å². The first kappa shape index (κ1) is 20.5. The summed E-state index contributed by atoms with van der Waals surface area (Å²) < 4.78 is 0. The van der Waals surface area contributed by atoms with Gasteiger partial charge in [0, 0.05) is 16.8 Å². The van der Waals surface area contributed by atoms with E-state index in [1.807, 2.05) is 6.07 Å². The molecule has 4 aromatic rings. The van der Waals surface area contributed by atoms with Gasteiger partial charge in [-0.3, -0.25) is 4.79 Å². The van der Waals surface area contributed by atoms with Gasteiger partial charge in [-0.25, -0.2) is 4.79 Å². The first-order chi connectivity index (χ1) is 15.4. The molecule has 0 radical (unpaired) electrons. The quantitative estimate of drug-likeness (QED) is 0.247. The van der Waals surface area contributed by atoms with Gasteiger partial charge in [0.2, 0.25) is 0 Å². The van der Waals surface area contributed by atoms with E-state index < -0.39 is 11.9 Å². The molecule has 8 heteroatoms. The molecule has 5 N–H and O–H groups in total. The van der Waals surface area contributed by atoms with Crippen LogP contribution in [0.25, 0.3) is 10.8 Å². The van der Waals surface area contributed by atoms with Crippen LogP contribution in [-0.4, -0.2) is 22.1 Å². The Bertz CT molecular complexity index is 1350. The summed E-state index contributed by atoms with van der Waals surface area (Å²) in [6.45, 7) is 0. The van der Waals surface area contributed by atoms with E-state index in [0.29, 0.717) is 27.8 Å². The fourth-order valence-electron chi connectivity index (χ4n) is 3.14. The van der Waals surface area contributed by atoms with E-state index in [4.69, 9.17) is 10.8 Å². The second-order valence-electron chi connectivity index (χ2n) is 6.97. The van der Waals surface area contributed by atoms with Crippen LogP contribution >= 0.6 is 0 Å². The summed E-state index contributed by atoms with van der Waals surface area (Å²) in [5, 5.41) is 32.2. The minimum absolute atomic E-state index is 0.0114. The van der Waals surface area contributed by atoms with Crippen LogP contribution < -0.4 is 11.1 Å². The molecule has 0 aromatic heterocycles. The SMILES string of the molecule is Nc1ccc(N=Nc2c(O)c(C(=O)Nc3ccc(C(=O)O)cc3)cc3ccccc23)cc1. The zero-order valence-corrected chi connectivity index (χ0v) is 16.7. The number of rotatable bonds is 5. The van der Waals surface area contributed by atoms with Crippen LogP contribution in [0.5, 0.6) is 5.75 Å². The van der Waals surface area contributed by atoms with Crippen LogP contribution in [-0.2, 0) is 0 Å². The number of nitrogens with zero attached hydrogens (tertiary/aromatic N) is 2. The van der Waals surface area contributed by atoms with Gasteiger partial charge < -0.3 is 21.3 Å². The first-order valence-electron chi connectivity index (χ1n) is 9.59. The van der Waals surface area contributed by atoms with Gasteiger partial charge in [-0.1, -0.05) is 24.3 Å². The zero-order chi connectivity index (χ0) is 22.7. The number of carbonyl (C=O) groups is 2. The maximum absolute atomic E-state index is 12.9. The number of hydrogen-bond acceptors (Lipinski definition) is 6. The Morgan fingerprint density at radius 3 is 2.25 bits per heavy atom. The molecule has 0 aliphatic rings. The van der Waals surface area contributed by atoms with Crippen molar-refractivity contribution in [1.82, 2.24) is 0 Å². The maximum Gasteiger partial charge on any atom is 0.335 e. The monoisotopic (exact) mass is 426 g/mol. The van der Waals surface area contributed by atoms with Crippen LogP contribution in [0.3, 0.4) is 0 Å². The van der Waals surface area contributed by atoms with Crippen molar-refractivity contribution in [1.29, 1.82) is 0 Å². The highest BCUT2D eigenvalue weighted by Crippen LogP contribution is 2.39. The Morgan fingerprint density at radius 2 is 1.56 bits per heavy atom. The summed E-state index contributed by atoms with van der Waals surface area (Å²) in [6, 6.07) is 21.2. The number of carboxylic acids is 1. The van der Waals surface area contributed by atoms with Crippen LogP contribution in [0, 0.1) is 0 Å². The lowest BCUT2D eigenvalue weighted by atomic mass is 10.0. The Balaban J connectivity index is 1.71. The van der Waals surface area contributed by atoms with Gasteiger partial charge in [-0.05, 0) is 60.0 Å². The highest BCUT2D eigenvalue weighted by molar-refractivity contribution is 6.11. The van der Waals surface area contributed by atoms with Crippen molar-refractivity contribution < 1.29 is 19.8 Å². The summed E-state index contributed by atoms with van der Waals surface area (Å²) in [5.41, 5.74) is 7.47. The number of aromatic carboxylic acids is 1. The number of fused-ring (bicyclic) bond motifs is 1. The Hall–Kier alpha value is -4.72. The summed E-state index contributed by atoms with van der Waals surface area (Å²) in [7, 11) is 0. The lowest BCUT2D eigenvalue weighted by Crippen LogP contribution is -2.12. The third-order valence-corrected chi connectivity index (χ3v) is 4.79. The van der Waals surface area contributed by atoms with E-state index in [1.54, 1.807) is 48.5 Å². The fourth-order valence-corrected chi connectivity index (χ4v) is 3.14. The molecule has 0 fully saturated rings. The summed E-state index contributed by atoms with van der Waals surface area (Å²) in [6.07, 6.45) is 0. The molecule has 0 aliphatic heterocycles. The number of nitrogen functional groups attached to an aromatic ring is 1. The molecule has 32 heavy (non-hydrogen) atoms. The van der Waals surface area contributed by atoms with Gasteiger partial charge in [-0.2, -0.15) is 5.11 Å². The number of phenolic OH excluding ortho intramolecular Hbond substituents is 1. The van der Waals surface area contributed by atoms with Crippen LogP contribution in [0.2, 0.25) is 0 Å². The van der Waals surface area contributed by atoms with E-state index in [1.165, 1.54) is 24.3 Å². The highest BCUT2D eigenvalue weighted by Gasteiger charge is 2.18. The average molecular weight is 426 g/mol. The molecule has 8 nitrogen and oxygen atoms in total. The number of phenols is 1. The van der Waals surface area contributed by atoms with Crippen molar-refractivity contribution in [3.05, 3.63) is 90.0 Å². The molecule has 0 saturated heterocycles. The molecular weight excluding hydrogens is 408 g/mol. The number of benzene rings is 4. The van der Waals surface area contributed by atoms with Gasteiger partial charge in [0.25, 0.3) is 5.91 Å². The number of carboxylic acid groups (broad SMARTS) is 1. The van der Waals surface area contributed by atoms with E-state index >= 15 is 0 Å². The zero-order valence-electron chi connectivity index (χ0n) is 16.7. The molecule has 0 bridgehead atoms. The molecule has 0 saturated carbocycles. The number of aromatic hydroxyl groups is 1. The molecule has 0 aliphatic carbocycles. The third kappa shape index (κ3) is 4.24. The number of amides is 1. The van der Waals surface area contributed by atoms with Crippen molar-refractivity contribution in [3.8, 4) is 5.75 Å². The number of nitrogens with one attached hydrogen (secondary N) is 1. The van der Waals surface area contributed by atoms with Gasteiger partial charge >= 0.3 is 5.97 Å².